The topological polar surface area (TPSA) is 105 Å². The van der Waals surface area contributed by atoms with E-state index in [-0.39, 0.29) is 18.7 Å². The van der Waals surface area contributed by atoms with E-state index in [9.17, 15) is 19.2 Å². The van der Waals surface area contributed by atoms with Crippen molar-refractivity contribution in [3.63, 3.8) is 0 Å². The molecule has 2 saturated heterocycles. The Hall–Kier alpha value is -3.10. The lowest BCUT2D eigenvalue weighted by atomic mass is 10.1. The number of carbonyl (C=O) groups excluding carboxylic acids is 4. The third kappa shape index (κ3) is 3.78. The zero-order valence-electron chi connectivity index (χ0n) is 16.1. The minimum atomic E-state index is -0.770. The number of esters is 1. The Morgan fingerprint density at radius 3 is 2.61 bits per heavy atom. The molecule has 0 saturated carbocycles. The number of methoxy groups -OCH3 is 1. The monoisotopic (exact) mass is 389 g/mol. The maximum Gasteiger partial charge on any atom is 0.329 e. The van der Waals surface area contributed by atoms with Crippen LogP contribution >= 0.6 is 0 Å². The van der Waals surface area contributed by atoms with E-state index >= 15 is 0 Å². The van der Waals surface area contributed by atoms with Crippen LogP contribution in [0.2, 0.25) is 0 Å². The molecule has 2 aliphatic rings. The number of rotatable bonds is 6. The van der Waals surface area contributed by atoms with Crippen molar-refractivity contribution in [3.05, 3.63) is 23.8 Å². The van der Waals surface area contributed by atoms with Gasteiger partial charge in [-0.05, 0) is 37.1 Å². The number of benzene rings is 1. The number of carbonyl (C=O) groups is 4. The number of anilines is 1. The molecule has 1 aromatic carbocycles. The van der Waals surface area contributed by atoms with Crippen LogP contribution < -0.4 is 15.0 Å². The lowest BCUT2D eigenvalue weighted by molar-refractivity contribution is -0.140. The third-order valence-corrected chi connectivity index (χ3v) is 4.95. The summed E-state index contributed by atoms with van der Waals surface area (Å²) in [6.07, 6.45) is 0.308. The number of likely N-dealkylation sites (N-methyl/N-ethyl adjacent to an activating group) is 1. The lowest BCUT2D eigenvalue weighted by Crippen LogP contribution is -2.32. The van der Waals surface area contributed by atoms with Crippen molar-refractivity contribution in [1.29, 1.82) is 0 Å². The Morgan fingerprint density at radius 2 is 2.00 bits per heavy atom. The van der Waals surface area contributed by atoms with Crippen LogP contribution in [-0.4, -0.2) is 61.6 Å². The second-order valence-electron chi connectivity index (χ2n) is 6.89. The summed E-state index contributed by atoms with van der Waals surface area (Å²) in [5.74, 6) is -0.419. The first-order chi connectivity index (χ1) is 13.3. The Labute approximate surface area is 162 Å². The van der Waals surface area contributed by atoms with Gasteiger partial charge in [-0.1, -0.05) is 0 Å². The van der Waals surface area contributed by atoms with Crippen molar-refractivity contribution in [2.24, 2.45) is 0 Å². The average Bonchev–Trinajstić information content (AvgIpc) is 3.13. The third-order valence-electron chi connectivity index (χ3n) is 4.95. The van der Waals surface area contributed by atoms with Crippen molar-refractivity contribution < 1.29 is 28.7 Å². The van der Waals surface area contributed by atoms with E-state index in [1.54, 1.807) is 37.1 Å². The molecule has 0 bridgehead atoms. The summed E-state index contributed by atoms with van der Waals surface area (Å²) in [5, 5.41) is 2.59. The number of aryl methyl sites for hydroxylation is 1. The highest BCUT2D eigenvalue weighted by Gasteiger charge is 2.39. The average molecular weight is 389 g/mol. The van der Waals surface area contributed by atoms with E-state index < -0.39 is 30.1 Å². The number of hydrogen-bond acceptors (Lipinski definition) is 6. The number of likely N-dealkylation sites (tertiary alicyclic amines) is 1. The number of ether oxygens (including phenoxy) is 2. The van der Waals surface area contributed by atoms with E-state index in [2.05, 4.69) is 10.1 Å². The van der Waals surface area contributed by atoms with Gasteiger partial charge in [0.15, 0.2) is 6.10 Å². The van der Waals surface area contributed by atoms with E-state index in [0.29, 0.717) is 30.0 Å². The van der Waals surface area contributed by atoms with Gasteiger partial charge in [0, 0.05) is 26.4 Å². The fourth-order valence-electron chi connectivity index (χ4n) is 3.34. The van der Waals surface area contributed by atoms with Gasteiger partial charge in [0.1, 0.15) is 11.8 Å². The van der Waals surface area contributed by atoms with Crippen LogP contribution in [0.3, 0.4) is 0 Å². The molecule has 9 heteroatoms. The van der Waals surface area contributed by atoms with Crippen LogP contribution in [0.25, 0.3) is 0 Å². The molecule has 0 aliphatic carbocycles. The van der Waals surface area contributed by atoms with Gasteiger partial charge in [-0.15, -0.1) is 0 Å². The summed E-state index contributed by atoms with van der Waals surface area (Å²) in [5.41, 5.74) is 1.10. The van der Waals surface area contributed by atoms with Crippen LogP contribution in [0.15, 0.2) is 18.2 Å². The molecular formula is C19H23N3O6. The van der Waals surface area contributed by atoms with Gasteiger partial charge in [-0.3, -0.25) is 14.4 Å². The molecular weight excluding hydrogens is 366 g/mol. The van der Waals surface area contributed by atoms with Crippen molar-refractivity contribution in [2.75, 3.05) is 25.6 Å². The van der Waals surface area contributed by atoms with E-state index in [0.717, 1.165) is 4.90 Å². The summed E-state index contributed by atoms with van der Waals surface area (Å²) in [4.78, 5) is 50.9. The summed E-state index contributed by atoms with van der Waals surface area (Å²) in [7, 11) is 3.00. The SMILES string of the molecule is COC(=O)CC[C@H]1NC(=O)N(c2ccc(OC3CCN(C)C3=O)cc2C)C1=O. The van der Waals surface area contributed by atoms with Gasteiger partial charge in [0.05, 0.1) is 12.8 Å². The molecule has 0 aromatic heterocycles. The van der Waals surface area contributed by atoms with Gasteiger partial charge >= 0.3 is 12.0 Å². The highest BCUT2D eigenvalue weighted by molar-refractivity contribution is 6.21. The predicted octanol–water partition coefficient (Wildman–Crippen LogP) is 0.983. The first-order valence-corrected chi connectivity index (χ1v) is 9.05. The number of urea groups is 1. The molecule has 28 heavy (non-hydrogen) atoms. The molecule has 4 amide bonds. The van der Waals surface area contributed by atoms with Crippen molar-refractivity contribution in [2.45, 2.75) is 38.3 Å². The standard InChI is InChI=1S/C19H23N3O6/c1-11-10-12(28-15-8-9-21(2)18(15)25)4-6-14(11)22-17(24)13(20-19(22)26)5-7-16(23)27-3/h4,6,10,13,15H,5,7-9H2,1-3H3,(H,20,26)/t13-,15?/m1/s1. The smallest absolute Gasteiger partial charge is 0.329 e. The second kappa shape index (κ2) is 7.87. The molecule has 1 N–H and O–H groups in total. The zero-order chi connectivity index (χ0) is 20.4. The summed E-state index contributed by atoms with van der Waals surface area (Å²) in [6, 6.07) is 3.64. The highest BCUT2D eigenvalue weighted by Crippen LogP contribution is 2.29. The minimum absolute atomic E-state index is 0.0383. The van der Waals surface area contributed by atoms with E-state index in [1.807, 2.05) is 0 Å². The van der Waals surface area contributed by atoms with Crippen molar-refractivity contribution in [1.82, 2.24) is 10.2 Å². The molecule has 150 valence electrons. The van der Waals surface area contributed by atoms with Crippen LogP contribution in [0.4, 0.5) is 10.5 Å². The number of imide groups is 1. The fraction of sp³-hybridized carbons (Fsp3) is 0.474. The molecule has 0 radical (unpaired) electrons. The second-order valence-corrected chi connectivity index (χ2v) is 6.89. The van der Waals surface area contributed by atoms with Gasteiger partial charge in [0.2, 0.25) is 0 Å². The first-order valence-electron chi connectivity index (χ1n) is 9.05. The normalized spacial score (nSPS) is 21.9. The summed E-state index contributed by atoms with van der Waals surface area (Å²) in [6.45, 7) is 2.41. The number of nitrogens with zero attached hydrogens (tertiary/aromatic N) is 2. The van der Waals surface area contributed by atoms with Crippen molar-refractivity contribution >= 4 is 29.5 Å². The number of nitrogens with one attached hydrogen (secondary N) is 1. The molecule has 2 atom stereocenters. The molecule has 1 aromatic rings. The van der Waals surface area contributed by atoms with Gasteiger partial charge in [-0.25, -0.2) is 9.69 Å². The van der Waals surface area contributed by atoms with Crippen molar-refractivity contribution in [3.8, 4) is 5.75 Å². The highest BCUT2D eigenvalue weighted by atomic mass is 16.5. The molecule has 2 fully saturated rings. The Bertz CT molecular complexity index is 824. The molecule has 2 heterocycles. The first kappa shape index (κ1) is 19.7. The van der Waals surface area contributed by atoms with Crippen LogP contribution in [0.1, 0.15) is 24.8 Å². The van der Waals surface area contributed by atoms with Crippen LogP contribution in [-0.2, 0) is 19.1 Å². The molecule has 2 aliphatic heterocycles. The number of amides is 4. The summed E-state index contributed by atoms with van der Waals surface area (Å²) < 4.78 is 10.3. The van der Waals surface area contributed by atoms with E-state index in [4.69, 9.17) is 4.74 Å². The fourth-order valence-corrected chi connectivity index (χ4v) is 3.34. The lowest BCUT2D eigenvalue weighted by Gasteiger charge is -2.18. The largest absolute Gasteiger partial charge is 0.481 e. The van der Waals surface area contributed by atoms with Gasteiger partial charge in [0.25, 0.3) is 11.8 Å². The Morgan fingerprint density at radius 1 is 1.25 bits per heavy atom. The number of hydrogen-bond donors (Lipinski definition) is 1. The quantitative estimate of drug-likeness (QED) is 0.574. The van der Waals surface area contributed by atoms with Gasteiger partial charge in [-0.2, -0.15) is 0 Å². The van der Waals surface area contributed by atoms with Crippen LogP contribution in [0, 0.1) is 6.92 Å². The maximum atomic E-state index is 12.6. The van der Waals surface area contributed by atoms with Crippen LogP contribution in [0.5, 0.6) is 5.75 Å². The maximum absolute atomic E-state index is 12.6. The summed E-state index contributed by atoms with van der Waals surface area (Å²) >= 11 is 0. The molecule has 9 nitrogen and oxygen atoms in total. The molecule has 1 unspecified atom stereocenters. The minimum Gasteiger partial charge on any atom is -0.481 e. The predicted molar refractivity (Wildman–Crippen MR) is 98.9 cm³/mol. The van der Waals surface area contributed by atoms with Gasteiger partial charge < -0.3 is 19.7 Å². The Balaban J connectivity index is 1.71. The molecule has 3 rings (SSSR count). The Kier molecular flexibility index (Phi) is 5.53. The van der Waals surface area contributed by atoms with E-state index in [1.165, 1.54) is 7.11 Å². The molecule has 0 spiro atoms. The zero-order valence-corrected chi connectivity index (χ0v) is 16.1.